The lowest BCUT2D eigenvalue weighted by Gasteiger charge is -2.37. The number of carbonyl (C=O) groups is 1. The van der Waals surface area contributed by atoms with Crippen molar-refractivity contribution in [3.8, 4) is 0 Å². The molecule has 4 nitrogen and oxygen atoms in total. The topological polar surface area (TPSA) is 38.3 Å². The number of hydrogen-bond acceptors (Lipinski definition) is 2. The maximum Gasteiger partial charge on any atom is 0.230 e. The van der Waals surface area contributed by atoms with Crippen LogP contribution in [0.5, 0.6) is 0 Å². The number of nitrogens with zero attached hydrogens (tertiary/aromatic N) is 1. The zero-order valence-corrected chi connectivity index (χ0v) is 10.9. The summed E-state index contributed by atoms with van der Waals surface area (Å²) in [6.07, 6.45) is 0.561. The van der Waals surface area contributed by atoms with E-state index >= 15 is 0 Å². The molecule has 1 fully saturated rings. The van der Waals surface area contributed by atoms with Gasteiger partial charge in [-0.05, 0) is 12.1 Å². The molecule has 1 amide bonds. The first-order chi connectivity index (χ1) is 8.68. The van der Waals surface area contributed by atoms with Crippen LogP contribution in [0.2, 0.25) is 0 Å². The molecule has 0 unspecified atom stereocenters. The molecule has 1 heterocycles. The van der Waals surface area contributed by atoms with E-state index in [0.717, 1.165) is 43.0 Å². The van der Waals surface area contributed by atoms with Gasteiger partial charge in [-0.2, -0.15) is 0 Å². The molecule has 0 radical (unpaired) electrons. The Balaban J connectivity index is 1.78. The van der Waals surface area contributed by atoms with Crippen molar-refractivity contribution in [3.63, 3.8) is 0 Å². The van der Waals surface area contributed by atoms with Crippen molar-refractivity contribution in [2.45, 2.75) is 6.42 Å². The second-order valence-corrected chi connectivity index (χ2v) is 5.07. The Hall–Kier alpha value is -1.39. The van der Waals surface area contributed by atoms with Gasteiger partial charge in [-0.3, -0.25) is 4.79 Å². The first-order valence-electron chi connectivity index (χ1n) is 6.44. The second-order valence-electron chi connectivity index (χ2n) is 5.07. The molecular formula is C14H21N2O2+. The molecule has 2 rings (SSSR count). The van der Waals surface area contributed by atoms with E-state index in [0.29, 0.717) is 6.42 Å². The number of quaternary nitrogens is 1. The van der Waals surface area contributed by atoms with Crippen LogP contribution >= 0.6 is 0 Å². The Morgan fingerprint density at radius 3 is 2.61 bits per heavy atom. The second kappa shape index (κ2) is 5.98. The van der Waals surface area contributed by atoms with Crippen molar-refractivity contribution in [2.24, 2.45) is 0 Å². The smallest absolute Gasteiger partial charge is 0.230 e. The van der Waals surface area contributed by atoms with Gasteiger partial charge in [0.25, 0.3) is 0 Å². The van der Waals surface area contributed by atoms with E-state index in [1.54, 1.807) is 0 Å². The maximum atomic E-state index is 11.8. The van der Waals surface area contributed by atoms with Crippen LogP contribution in [0.15, 0.2) is 30.3 Å². The van der Waals surface area contributed by atoms with Crippen LogP contribution in [0, 0.1) is 0 Å². The number of ether oxygens (including phenoxy) is 1. The van der Waals surface area contributed by atoms with Gasteiger partial charge in [-0.25, -0.2) is 0 Å². The average Bonchev–Trinajstić information content (AvgIpc) is 2.39. The third kappa shape index (κ3) is 3.82. The average molecular weight is 249 g/mol. The van der Waals surface area contributed by atoms with Gasteiger partial charge < -0.3 is 14.5 Å². The van der Waals surface area contributed by atoms with Crippen LogP contribution in [0.1, 0.15) is 6.42 Å². The molecule has 0 bridgehead atoms. The number of rotatable bonds is 4. The SMILES string of the molecule is C[N+]1(CCC(=O)Nc2ccccc2)CCOCC1. The van der Waals surface area contributed by atoms with Crippen molar-refractivity contribution in [3.05, 3.63) is 30.3 Å². The van der Waals surface area contributed by atoms with Crippen molar-refractivity contribution >= 4 is 11.6 Å². The summed E-state index contributed by atoms with van der Waals surface area (Å²) < 4.78 is 6.28. The van der Waals surface area contributed by atoms with E-state index in [1.165, 1.54) is 0 Å². The minimum absolute atomic E-state index is 0.0899. The van der Waals surface area contributed by atoms with E-state index in [9.17, 15) is 4.79 Å². The Morgan fingerprint density at radius 2 is 1.94 bits per heavy atom. The standard InChI is InChI=1S/C14H20N2O2/c1-16(9-11-18-12-10-16)8-7-14(17)15-13-5-3-2-4-6-13/h2-6H,7-12H2,1H3/p+1. The van der Waals surface area contributed by atoms with Gasteiger partial charge in [0.2, 0.25) is 5.91 Å². The molecule has 1 aliphatic heterocycles. The lowest BCUT2D eigenvalue weighted by atomic mass is 10.2. The molecule has 0 aliphatic carbocycles. The summed E-state index contributed by atoms with van der Waals surface area (Å²) >= 11 is 0. The van der Waals surface area contributed by atoms with Crippen LogP contribution in [0.25, 0.3) is 0 Å². The summed E-state index contributed by atoms with van der Waals surface area (Å²) in [4.78, 5) is 11.8. The minimum atomic E-state index is 0.0899. The summed E-state index contributed by atoms with van der Waals surface area (Å²) in [5.41, 5.74) is 0.868. The molecule has 0 saturated carbocycles. The molecule has 0 spiro atoms. The van der Waals surface area contributed by atoms with Gasteiger partial charge in [-0.15, -0.1) is 0 Å². The fourth-order valence-corrected chi connectivity index (χ4v) is 2.12. The molecule has 1 aliphatic rings. The van der Waals surface area contributed by atoms with Gasteiger partial charge >= 0.3 is 0 Å². The maximum absolute atomic E-state index is 11.8. The largest absolute Gasteiger partial charge is 0.370 e. The quantitative estimate of drug-likeness (QED) is 0.821. The lowest BCUT2D eigenvalue weighted by molar-refractivity contribution is -0.916. The number of hydrogen-bond donors (Lipinski definition) is 1. The van der Waals surface area contributed by atoms with Gasteiger partial charge in [0, 0.05) is 5.69 Å². The van der Waals surface area contributed by atoms with Crippen LogP contribution in [0.4, 0.5) is 5.69 Å². The highest BCUT2D eigenvalue weighted by atomic mass is 16.5. The molecule has 0 atom stereocenters. The molecule has 1 N–H and O–H groups in total. The number of likely N-dealkylation sites (N-methyl/N-ethyl adjacent to an activating group) is 1. The van der Waals surface area contributed by atoms with E-state index in [-0.39, 0.29) is 5.91 Å². The Kier molecular flexibility index (Phi) is 4.33. The number of para-hydroxylation sites is 1. The van der Waals surface area contributed by atoms with Crippen molar-refractivity contribution in [1.82, 2.24) is 0 Å². The molecule has 1 aromatic rings. The highest BCUT2D eigenvalue weighted by molar-refractivity contribution is 5.90. The predicted octanol–water partition coefficient (Wildman–Crippen LogP) is 1.49. The summed E-state index contributed by atoms with van der Waals surface area (Å²) in [5, 5.41) is 2.92. The number of carbonyl (C=O) groups excluding carboxylic acids is 1. The molecule has 98 valence electrons. The molecule has 1 aromatic carbocycles. The highest BCUT2D eigenvalue weighted by Crippen LogP contribution is 2.10. The van der Waals surface area contributed by atoms with Crippen molar-refractivity contribution < 1.29 is 14.0 Å². The molecule has 1 saturated heterocycles. The first kappa shape index (κ1) is 13.1. The van der Waals surface area contributed by atoms with E-state index in [4.69, 9.17) is 4.74 Å². The molecule has 0 aromatic heterocycles. The first-order valence-corrected chi connectivity index (χ1v) is 6.44. The normalized spacial score (nSPS) is 18.3. The van der Waals surface area contributed by atoms with Gasteiger partial charge in [0.1, 0.15) is 13.1 Å². The van der Waals surface area contributed by atoms with Crippen LogP contribution in [0.3, 0.4) is 0 Å². The summed E-state index contributed by atoms with van der Waals surface area (Å²) in [5.74, 6) is 0.0899. The predicted molar refractivity (Wildman–Crippen MR) is 71.3 cm³/mol. The third-order valence-electron chi connectivity index (χ3n) is 3.49. The zero-order chi connectivity index (χ0) is 12.8. The van der Waals surface area contributed by atoms with E-state index in [2.05, 4.69) is 12.4 Å². The zero-order valence-electron chi connectivity index (χ0n) is 10.9. The Morgan fingerprint density at radius 1 is 1.28 bits per heavy atom. The van der Waals surface area contributed by atoms with E-state index < -0.39 is 0 Å². The van der Waals surface area contributed by atoms with Gasteiger partial charge in [-0.1, -0.05) is 18.2 Å². The Labute approximate surface area is 108 Å². The fourth-order valence-electron chi connectivity index (χ4n) is 2.12. The number of morpholine rings is 1. The minimum Gasteiger partial charge on any atom is -0.370 e. The number of nitrogens with one attached hydrogen (secondary N) is 1. The monoisotopic (exact) mass is 249 g/mol. The van der Waals surface area contributed by atoms with Gasteiger partial charge in [0.15, 0.2) is 0 Å². The number of amides is 1. The molecule has 18 heavy (non-hydrogen) atoms. The van der Waals surface area contributed by atoms with Gasteiger partial charge in [0.05, 0.1) is 33.2 Å². The van der Waals surface area contributed by atoms with Crippen LogP contribution in [-0.4, -0.2) is 50.3 Å². The molecular weight excluding hydrogens is 228 g/mol. The van der Waals surface area contributed by atoms with Crippen molar-refractivity contribution in [1.29, 1.82) is 0 Å². The summed E-state index contributed by atoms with van der Waals surface area (Å²) in [7, 11) is 2.19. The van der Waals surface area contributed by atoms with Crippen LogP contribution in [-0.2, 0) is 9.53 Å². The van der Waals surface area contributed by atoms with Crippen LogP contribution < -0.4 is 5.32 Å². The summed E-state index contributed by atoms with van der Waals surface area (Å²) in [6.45, 7) is 4.48. The third-order valence-corrected chi connectivity index (χ3v) is 3.49. The van der Waals surface area contributed by atoms with Crippen molar-refractivity contribution in [2.75, 3.05) is 45.2 Å². The fraction of sp³-hybridized carbons (Fsp3) is 0.500. The van der Waals surface area contributed by atoms with E-state index in [1.807, 2.05) is 30.3 Å². The Bertz CT molecular complexity index is 386. The number of anilines is 1. The number of benzene rings is 1. The molecule has 4 heteroatoms. The summed E-state index contributed by atoms with van der Waals surface area (Å²) in [6, 6.07) is 9.60. The highest BCUT2D eigenvalue weighted by Gasteiger charge is 2.25. The lowest BCUT2D eigenvalue weighted by Crippen LogP contribution is -2.52.